The fourth-order valence-electron chi connectivity index (χ4n) is 2.02. The van der Waals surface area contributed by atoms with E-state index in [2.05, 4.69) is 15.4 Å². The molecule has 0 bridgehead atoms. The van der Waals surface area contributed by atoms with Crippen LogP contribution in [0.25, 0.3) is 0 Å². The van der Waals surface area contributed by atoms with Crippen LogP contribution < -0.4 is 10.1 Å². The van der Waals surface area contributed by atoms with E-state index in [1.165, 1.54) is 17.7 Å². The van der Waals surface area contributed by atoms with Crippen molar-refractivity contribution in [2.45, 2.75) is 13.5 Å². The number of anilines is 1. The molecule has 2 heterocycles. The van der Waals surface area contributed by atoms with Crippen molar-refractivity contribution in [1.82, 2.24) is 14.8 Å². The van der Waals surface area contributed by atoms with E-state index in [0.717, 1.165) is 4.88 Å². The molecule has 0 aliphatic rings. The molecular weight excluding hydrogens is 312 g/mol. The number of hydrogen-bond acceptors (Lipinski definition) is 5. The van der Waals surface area contributed by atoms with Gasteiger partial charge in [0.25, 0.3) is 5.91 Å². The number of rotatable bonds is 6. The fourth-order valence-corrected chi connectivity index (χ4v) is 2.78. The zero-order chi connectivity index (χ0) is 16.1. The lowest BCUT2D eigenvalue weighted by Crippen LogP contribution is -2.11. The third-order valence-corrected chi connectivity index (χ3v) is 4.11. The Balaban J connectivity index is 1.57. The third kappa shape index (κ3) is 4.17. The molecule has 1 aromatic carbocycles. The Morgan fingerprint density at radius 2 is 2.26 bits per heavy atom. The summed E-state index contributed by atoms with van der Waals surface area (Å²) in [4.78, 5) is 17.8. The molecule has 0 fully saturated rings. The van der Waals surface area contributed by atoms with E-state index in [-0.39, 0.29) is 5.91 Å². The van der Waals surface area contributed by atoms with Gasteiger partial charge < -0.3 is 10.1 Å². The predicted octanol–water partition coefficient (Wildman–Crippen LogP) is 2.98. The number of aromatic nitrogens is 3. The number of benzene rings is 1. The minimum atomic E-state index is -0.108. The van der Waals surface area contributed by atoms with Crippen LogP contribution in [0.5, 0.6) is 5.75 Å². The van der Waals surface area contributed by atoms with E-state index in [1.807, 2.05) is 37.3 Å². The maximum absolute atomic E-state index is 12.1. The number of nitrogens with one attached hydrogen (secondary N) is 1. The summed E-state index contributed by atoms with van der Waals surface area (Å²) in [6.45, 7) is 3.07. The second-order valence-corrected chi connectivity index (χ2v) is 6.19. The second kappa shape index (κ2) is 7.06. The Morgan fingerprint density at radius 1 is 1.35 bits per heavy atom. The highest BCUT2D eigenvalue weighted by Gasteiger charge is 2.08. The van der Waals surface area contributed by atoms with Crippen LogP contribution in [0.1, 0.15) is 14.5 Å². The Hall–Kier alpha value is -2.67. The highest BCUT2D eigenvalue weighted by molar-refractivity contribution is 7.14. The standard InChI is InChI=1S/C16H16N4O2S/c1-12-5-6-15(23-12)16(21)19-13-3-2-4-14(9-13)22-8-7-20-11-17-10-18-20/h2-6,9-11H,7-8H2,1H3,(H,19,21). The number of carbonyl (C=O) groups is 1. The van der Waals surface area contributed by atoms with Crippen molar-refractivity contribution in [1.29, 1.82) is 0 Å². The third-order valence-electron chi connectivity index (χ3n) is 3.11. The average molecular weight is 328 g/mol. The first-order valence-electron chi connectivity index (χ1n) is 7.14. The Morgan fingerprint density at radius 3 is 3.00 bits per heavy atom. The predicted molar refractivity (Wildman–Crippen MR) is 89.0 cm³/mol. The van der Waals surface area contributed by atoms with E-state index in [1.54, 1.807) is 17.1 Å². The molecule has 0 spiro atoms. The molecule has 0 aliphatic carbocycles. The molecule has 0 unspecified atom stereocenters. The van der Waals surface area contributed by atoms with Gasteiger partial charge in [-0.1, -0.05) is 6.07 Å². The molecule has 23 heavy (non-hydrogen) atoms. The number of aryl methyl sites for hydroxylation is 1. The smallest absolute Gasteiger partial charge is 0.265 e. The monoisotopic (exact) mass is 328 g/mol. The number of nitrogens with zero attached hydrogens (tertiary/aromatic N) is 3. The number of amides is 1. The summed E-state index contributed by atoms with van der Waals surface area (Å²) >= 11 is 1.47. The molecule has 1 amide bonds. The summed E-state index contributed by atoms with van der Waals surface area (Å²) in [5.41, 5.74) is 0.708. The Labute approximate surface area is 137 Å². The van der Waals surface area contributed by atoms with Gasteiger partial charge in [0.1, 0.15) is 25.0 Å². The van der Waals surface area contributed by atoms with Gasteiger partial charge in [-0.05, 0) is 31.2 Å². The molecule has 0 saturated carbocycles. The summed E-state index contributed by atoms with van der Waals surface area (Å²) in [5, 5.41) is 6.89. The van der Waals surface area contributed by atoms with Crippen LogP contribution in [0, 0.1) is 6.92 Å². The lowest BCUT2D eigenvalue weighted by Gasteiger charge is -2.08. The van der Waals surface area contributed by atoms with Crippen LogP contribution in [-0.4, -0.2) is 27.3 Å². The van der Waals surface area contributed by atoms with Crippen molar-refractivity contribution in [3.63, 3.8) is 0 Å². The molecule has 0 aliphatic heterocycles. The highest BCUT2D eigenvalue weighted by Crippen LogP contribution is 2.20. The SMILES string of the molecule is Cc1ccc(C(=O)Nc2cccc(OCCn3cncn3)c2)s1. The average Bonchev–Trinajstić information content (AvgIpc) is 3.19. The van der Waals surface area contributed by atoms with Gasteiger partial charge in [0.15, 0.2) is 0 Å². The van der Waals surface area contributed by atoms with Crippen LogP contribution in [0.15, 0.2) is 49.1 Å². The minimum absolute atomic E-state index is 0.108. The molecule has 3 aromatic rings. The normalized spacial score (nSPS) is 10.5. The molecule has 2 aromatic heterocycles. The molecule has 7 heteroatoms. The summed E-state index contributed by atoms with van der Waals surface area (Å²) in [6, 6.07) is 11.1. The summed E-state index contributed by atoms with van der Waals surface area (Å²) in [6.07, 6.45) is 3.13. The quantitative estimate of drug-likeness (QED) is 0.755. The fraction of sp³-hybridized carbons (Fsp3) is 0.188. The number of ether oxygens (including phenoxy) is 1. The van der Waals surface area contributed by atoms with E-state index in [4.69, 9.17) is 4.74 Å². The van der Waals surface area contributed by atoms with Crippen molar-refractivity contribution in [2.75, 3.05) is 11.9 Å². The molecule has 0 atom stereocenters. The van der Waals surface area contributed by atoms with E-state index >= 15 is 0 Å². The molecule has 0 radical (unpaired) electrons. The zero-order valence-electron chi connectivity index (χ0n) is 12.6. The van der Waals surface area contributed by atoms with Crippen LogP contribution in [0.2, 0.25) is 0 Å². The molecule has 118 valence electrons. The largest absolute Gasteiger partial charge is 0.492 e. The van der Waals surface area contributed by atoms with Gasteiger partial charge in [0.05, 0.1) is 11.4 Å². The van der Waals surface area contributed by atoms with Crippen LogP contribution in [-0.2, 0) is 6.54 Å². The molecule has 3 rings (SSSR count). The number of carbonyl (C=O) groups excluding carboxylic acids is 1. The molecule has 6 nitrogen and oxygen atoms in total. The van der Waals surface area contributed by atoms with Gasteiger partial charge in [-0.3, -0.25) is 4.79 Å². The maximum Gasteiger partial charge on any atom is 0.265 e. The topological polar surface area (TPSA) is 69.0 Å². The maximum atomic E-state index is 12.1. The number of hydrogen-bond donors (Lipinski definition) is 1. The molecule has 0 saturated heterocycles. The van der Waals surface area contributed by atoms with E-state index < -0.39 is 0 Å². The first-order chi connectivity index (χ1) is 11.2. The van der Waals surface area contributed by atoms with Gasteiger partial charge in [-0.25, -0.2) is 9.67 Å². The second-order valence-electron chi connectivity index (χ2n) is 4.90. The van der Waals surface area contributed by atoms with Crippen LogP contribution in [0.3, 0.4) is 0 Å². The van der Waals surface area contributed by atoms with Gasteiger partial charge in [0.2, 0.25) is 0 Å². The summed E-state index contributed by atoms with van der Waals surface area (Å²) < 4.78 is 7.37. The van der Waals surface area contributed by atoms with Gasteiger partial charge >= 0.3 is 0 Å². The van der Waals surface area contributed by atoms with Crippen molar-refractivity contribution in [2.24, 2.45) is 0 Å². The number of thiophene rings is 1. The Bertz CT molecular complexity index is 783. The van der Waals surface area contributed by atoms with Crippen molar-refractivity contribution in [3.8, 4) is 5.75 Å². The minimum Gasteiger partial charge on any atom is -0.492 e. The first kappa shape index (κ1) is 15.2. The van der Waals surface area contributed by atoms with Gasteiger partial charge in [0, 0.05) is 16.6 Å². The highest BCUT2D eigenvalue weighted by atomic mass is 32.1. The van der Waals surface area contributed by atoms with Crippen molar-refractivity contribution >= 4 is 22.9 Å². The van der Waals surface area contributed by atoms with Crippen LogP contribution in [0.4, 0.5) is 5.69 Å². The first-order valence-corrected chi connectivity index (χ1v) is 7.95. The molecule has 1 N–H and O–H groups in total. The summed E-state index contributed by atoms with van der Waals surface area (Å²) in [7, 11) is 0. The zero-order valence-corrected chi connectivity index (χ0v) is 13.4. The Kier molecular flexibility index (Phi) is 4.68. The van der Waals surface area contributed by atoms with Crippen molar-refractivity contribution < 1.29 is 9.53 Å². The van der Waals surface area contributed by atoms with E-state index in [0.29, 0.717) is 29.5 Å². The van der Waals surface area contributed by atoms with Gasteiger partial charge in [-0.15, -0.1) is 11.3 Å². The lowest BCUT2D eigenvalue weighted by molar-refractivity contribution is 0.103. The summed E-state index contributed by atoms with van der Waals surface area (Å²) in [5.74, 6) is 0.591. The van der Waals surface area contributed by atoms with Gasteiger partial charge in [-0.2, -0.15) is 5.10 Å². The molecular formula is C16H16N4O2S. The lowest BCUT2D eigenvalue weighted by atomic mass is 10.3. The van der Waals surface area contributed by atoms with Crippen molar-refractivity contribution in [3.05, 3.63) is 58.8 Å². The van der Waals surface area contributed by atoms with Crippen LogP contribution >= 0.6 is 11.3 Å². The van der Waals surface area contributed by atoms with E-state index in [9.17, 15) is 4.79 Å².